The Hall–Kier alpha value is -2.82. The van der Waals surface area contributed by atoms with Crippen LogP contribution in [0.5, 0.6) is 5.75 Å². The summed E-state index contributed by atoms with van der Waals surface area (Å²) in [5, 5.41) is 9.85. The molecule has 5 heteroatoms. The third-order valence-electron chi connectivity index (χ3n) is 5.31. The van der Waals surface area contributed by atoms with E-state index in [1.807, 2.05) is 43.4 Å². The standard InChI is InChI=1S/C24H31N3O2/c1-23(2,3)15-27(4)22(29)24(26-16-25,19-11-12-19)20-9-5-7-17(13-20)18-8-6-10-21(28)14-18/h5-10,13-14,16,19,28H,11-12,15H2,1-4H3,(H2,25,26). The summed E-state index contributed by atoms with van der Waals surface area (Å²) >= 11 is 0. The van der Waals surface area contributed by atoms with Crippen LogP contribution in [0.4, 0.5) is 0 Å². The minimum atomic E-state index is -1.01. The molecular weight excluding hydrogens is 362 g/mol. The van der Waals surface area contributed by atoms with E-state index < -0.39 is 5.54 Å². The lowest BCUT2D eigenvalue weighted by Crippen LogP contribution is -2.48. The summed E-state index contributed by atoms with van der Waals surface area (Å²) in [6.07, 6.45) is 3.16. The Morgan fingerprint density at radius 1 is 1.17 bits per heavy atom. The van der Waals surface area contributed by atoms with Crippen LogP contribution >= 0.6 is 0 Å². The van der Waals surface area contributed by atoms with Gasteiger partial charge in [-0.1, -0.05) is 51.1 Å². The molecule has 1 saturated carbocycles. The van der Waals surface area contributed by atoms with E-state index in [9.17, 15) is 9.90 Å². The maximum absolute atomic E-state index is 13.7. The molecule has 1 fully saturated rings. The predicted octanol–water partition coefficient (Wildman–Crippen LogP) is 4.16. The van der Waals surface area contributed by atoms with Crippen molar-refractivity contribution < 1.29 is 9.90 Å². The second-order valence-electron chi connectivity index (χ2n) is 9.17. The summed E-state index contributed by atoms with van der Waals surface area (Å²) in [6, 6.07) is 15.0. The van der Waals surface area contributed by atoms with E-state index in [1.54, 1.807) is 17.0 Å². The van der Waals surface area contributed by atoms with Crippen molar-refractivity contribution in [3.63, 3.8) is 0 Å². The zero-order chi connectivity index (χ0) is 21.2. The topological polar surface area (TPSA) is 78.9 Å². The van der Waals surface area contributed by atoms with E-state index >= 15 is 0 Å². The van der Waals surface area contributed by atoms with Crippen molar-refractivity contribution >= 4 is 12.2 Å². The van der Waals surface area contributed by atoms with Crippen LogP contribution < -0.4 is 5.73 Å². The van der Waals surface area contributed by atoms with Crippen LogP contribution in [-0.2, 0) is 10.3 Å². The van der Waals surface area contributed by atoms with E-state index in [2.05, 4.69) is 25.8 Å². The Kier molecular flexibility index (Phi) is 5.69. The van der Waals surface area contributed by atoms with Crippen molar-refractivity contribution in [2.45, 2.75) is 39.2 Å². The van der Waals surface area contributed by atoms with Gasteiger partial charge in [0.2, 0.25) is 0 Å². The summed E-state index contributed by atoms with van der Waals surface area (Å²) in [6.45, 7) is 6.98. The smallest absolute Gasteiger partial charge is 0.255 e. The number of nitrogens with zero attached hydrogens (tertiary/aromatic N) is 2. The minimum Gasteiger partial charge on any atom is -0.508 e. The van der Waals surface area contributed by atoms with Gasteiger partial charge < -0.3 is 15.7 Å². The number of rotatable bonds is 6. The fourth-order valence-electron chi connectivity index (χ4n) is 4.08. The molecule has 154 valence electrons. The first-order valence-electron chi connectivity index (χ1n) is 10.1. The van der Waals surface area contributed by atoms with Gasteiger partial charge in [0.25, 0.3) is 5.91 Å². The number of benzene rings is 2. The molecule has 0 spiro atoms. The number of aliphatic imine (C=N–C) groups is 1. The second-order valence-corrected chi connectivity index (χ2v) is 9.17. The largest absolute Gasteiger partial charge is 0.508 e. The second kappa shape index (κ2) is 7.90. The number of hydrogen-bond acceptors (Lipinski definition) is 3. The number of carbonyl (C=O) groups is 1. The molecular formula is C24H31N3O2. The van der Waals surface area contributed by atoms with Crippen LogP contribution in [0.2, 0.25) is 0 Å². The van der Waals surface area contributed by atoms with Crippen molar-refractivity contribution in [1.82, 2.24) is 4.90 Å². The van der Waals surface area contributed by atoms with Gasteiger partial charge >= 0.3 is 0 Å². The molecule has 0 bridgehead atoms. The number of carbonyl (C=O) groups excluding carboxylic acids is 1. The van der Waals surface area contributed by atoms with Crippen LogP contribution in [0.3, 0.4) is 0 Å². The van der Waals surface area contributed by atoms with E-state index in [1.165, 1.54) is 6.34 Å². The first-order valence-corrected chi connectivity index (χ1v) is 10.1. The van der Waals surface area contributed by atoms with Crippen molar-refractivity contribution in [1.29, 1.82) is 0 Å². The molecule has 0 saturated heterocycles. The van der Waals surface area contributed by atoms with Crippen molar-refractivity contribution in [3.05, 3.63) is 54.1 Å². The van der Waals surface area contributed by atoms with E-state index in [0.29, 0.717) is 6.54 Å². The molecule has 0 aliphatic heterocycles. The minimum absolute atomic E-state index is 0.0183. The SMILES string of the molecule is CN(CC(C)(C)C)C(=O)C(N=CN)(c1cccc(-c2cccc(O)c2)c1)C1CC1. The van der Waals surface area contributed by atoms with Gasteiger partial charge in [0.05, 0.1) is 6.34 Å². The summed E-state index contributed by atoms with van der Waals surface area (Å²) in [4.78, 5) is 20.1. The van der Waals surface area contributed by atoms with Gasteiger partial charge in [-0.2, -0.15) is 0 Å². The van der Waals surface area contributed by atoms with Gasteiger partial charge in [-0.25, -0.2) is 0 Å². The summed E-state index contributed by atoms with van der Waals surface area (Å²) in [5.74, 6) is 0.323. The molecule has 2 aromatic carbocycles. The molecule has 0 radical (unpaired) electrons. The molecule has 1 aliphatic rings. The first kappa shape index (κ1) is 20.9. The zero-order valence-electron chi connectivity index (χ0n) is 17.7. The van der Waals surface area contributed by atoms with Crippen LogP contribution in [0.1, 0.15) is 39.2 Å². The Labute approximate surface area is 173 Å². The third kappa shape index (κ3) is 4.44. The fraction of sp³-hybridized carbons (Fsp3) is 0.417. The van der Waals surface area contributed by atoms with Gasteiger partial charge in [0.1, 0.15) is 5.75 Å². The van der Waals surface area contributed by atoms with E-state index in [4.69, 9.17) is 5.73 Å². The lowest BCUT2D eigenvalue weighted by Gasteiger charge is -2.36. The predicted molar refractivity (Wildman–Crippen MR) is 118 cm³/mol. The maximum atomic E-state index is 13.7. The monoisotopic (exact) mass is 393 g/mol. The van der Waals surface area contributed by atoms with Gasteiger partial charge in [-0.15, -0.1) is 0 Å². The number of aromatic hydroxyl groups is 1. The van der Waals surface area contributed by atoms with Crippen LogP contribution in [0, 0.1) is 11.3 Å². The quantitative estimate of drug-likeness (QED) is 0.571. The lowest BCUT2D eigenvalue weighted by molar-refractivity contribution is -0.138. The summed E-state index contributed by atoms with van der Waals surface area (Å²) < 4.78 is 0. The van der Waals surface area contributed by atoms with Gasteiger partial charge in [-0.3, -0.25) is 9.79 Å². The zero-order valence-corrected chi connectivity index (χ0v) is 17.7. The van der Waals surface area contributed by atoms with E-state index in [-0.39, 0.29) is 23.0 Å². The highest BCUT2D eigenvalue weighted by molar-refractivity contribution is 5.90. The number of likely N-dealkylation sites (N-methyl/N-ethyl adjacent to an activating group) is 1. The number of phenolic OH excluding ortho intramolecular Hbond substituents is 1. The number of hydrogen-bond donors (Lipinski definition) is 2. The molecule has 3 rings (SSSR count). The molecule has 2 aromatic rings. The fourth-order valence-corrected chi connectivity index (χ4v) is 4.08. The lowest BCUT2D eigenvalue weighted by atomic mass is 9.82. The molecule has 1 aliphatic carbocycles. The third-order valence-corrected chi connectivity index (χ3v) is 5.31. The van der Waals surface area contributed by atoms with Gasteiger partial charge in [0.15, 0.2) is 5.54 Å². The molecule has 0 aromatic heterocycles. The summed E-state index contributed by atoms with van der Waals surface area (Å²) in [5.41, 5.74) is 7.39. The Balaban J connectivity index is 2.08. The molecule has 1 atom stereocenters. The maximum Gasteiger partial charge on any atom is 0.255 e. The van der Waals surface area contributed by atoms with Crippen molar-refractivity contribution in [3.8, 4) is 16.9 Å². The van der Waals surface area contributed by atoms with Crippen LogP contribution in [0.25, 0.3) is 11.1 Å². The molecule has 0 heterocycles. The Morgan fingerprint density at radius 2 is 1.79 bits per heavy atom. The van der Waals surface area contributed by atoms with Crippen molar-refractivity contribution in [2.75, 3.05) is 13.6 Å². The molecule has 1 amide bonds. The highest BCUT2D eigenvalue weighted by Crippen LogP contribution is 2.50. The van der Waals surface area contributed by atoms with E-state index in [0.717, 1.165) is 29.5 Å². The first-order chi connectivity index (χ1) is 13.7. The summed E-state index contributed by atoms with van der Waals surface area (Å²) in [7, 11) is 1.84. The highest BCUT2D eigenvalue weighted by Gasteiger charge is 2.53. The van der Waals surface area contributed by atoms with Gasteiger partial charge in [0, 0.05) is 13.6 Å². The molecule has 29 heavy (non-hydrogen) atoms. The Morgan fingerprint density at radius 3 is 2.34 bits per heavy atom. The Bertz CT molecular complexity index is 912. The van der Waals surface area contributed by atoms with Gasteiger partial charge in [-0.05, 0) is 59.1 Å². The highest BCUT2D eigenvalue weighted by atomic mass is 16.3. The van der Waals surface area contributed by atoms with Crippen LogP contribution in [0.15, 0.2) is 53.5 Å². The molecule has 1 unspecified atom stereocenters. The van der Waals surface area contributed by atoms with Crippen molar-refractivity contribution in [2.24, 2.45) is 22.1 Å². The van der Waals surface area contributed by atoms with Crippen LogP contribution in [-0.4, -0.2) is 35.8 Å². The average Bonchev–Trinajstić information content (AvgIpc) is 3.50. The average molecular weight is 394 g/mol. The number of amides is 1. The number of phenols is 1. The number of nitrogens with two attached hydrogens (primary N) is 1. The normalized spacial score (nSPS) is 16.6. The molecule has 3 N–H and O–H groups in total. The molecule has 5 nitrogen and oxygen atoms in total.